The van der Waals surface area contributed by atoms with Crippen LogP contribution in [0.4, 0.5) is 0 Å². The van der Waals surface area contributed by atoms with E-state index in [1.807, 2.05) is 0 Å². The molecule has 0 heterocycles. The van der Waals surface area contributed by atoms with Crippen molar-refractivity contribution in [1.82, 2.24) is 0 Å². The summed E-state index contributed by atoms with van der Waals surface area (Å²) in [5.74, 6) is 12.4. The van der Waals surface area contributed by atoms with E-state index >= 15 is 0 Å². The molecule has 8 bridgehead atoms. The van der Waals surface area contributed by atoms with E-state index in [0.717, 1.165) is 82.3 Å². The number of hydrogen-bond acceptors (Lipinski definition) is 0. The SMILES string of the molecule is C=C1[C@@H]2CC[C@@H](C2)[C@@]1(C)CC(C)C.C=C1[C@@H]2CC[C@@H](C2)[C@]1(C)CC(C)C.CC(C)C[C@]1(C)[C@H]2CC3CC1(C)[C@H]3C2.CC1=CC[C@H]2C[C@@H]1[C@]2(C)CC(C)C. The zero-order valence-corrected chi connectivity index (χ0v) is 38.1. The maximum Gasteiger partial charge on any atom is -0.00854 e. The van der Waals surface area contributed by atoms with E-state index in [2.05, 4.69) is 116 Å². The molecule has 0 spiro atoms. The van der Waals surface area contributed by atoms with E-state index in [1.54, 1.807) is 36.0 Å². The molecule has 10 aliphatic carbocycles. The molecule has 2 unspecified atom stereocenters. The summed E-state index contributed by atoms with van der Waals surface area (Å²) in [6, 6.07) is 0. The van der Waals surface area contributed by atoms with Crippen molar-refractivity contribution < 1.29 is 0 Å². The molecule has 302 valence electrons. The number of hydrogen-bond donors (Lipinski definition) is 0. The minimum Gasteiger partial charge on any atom is -0.0990 e. The fourth-order valence-electron chi connectivity index (χ4n) is 16.7. The van der Waals surface area contributed by atoms with Gasteiger partial charge in [0.2, 0.25) is 0 Å². The van der Waals surface area contributed by atoms with Gasteiger partial charge in [0, 0.05) is 0 Å². The van der Waals surface area contributed by atoms with Gasteiger partial charge in [-0.1, -0.05) is 126 Å². The molecule has 0 aromatic carbocycles. The minimum atomic E-state index is 0.497. The largest absolute Gasteiger partial charge is 0.0990 e. The summed E-state index contributed by atoms with van der Waals surface area (Å²) in [7, 11) is 0. The summed E-state index contributed by atoms with van der Waals surface area (Å²) in [6.07, 6.45) is 24.3. The second kappa shape index (κ2) is 14.9. The summed E-state index contributed by atoms with van der Waals surface area (Å²) in [5, 5.41) is 0. The summed E-state index contributed by atoms with van der Waals surface area (Å²) < 4.78 is 0. The highest BCUT2D eigenvalue weighted by Crippen LogP contribution is 2.79. The van der Waals surface area contributed by atoms with Crippen LogP contribution in [0, 0.1) is 104 Å². The van der Waals surface area contributed by atoms with Crippen LogP contribution in [0.15, 0.2) is 36.0 Å². The Labute approximate surface area is 332 Å². The van der Waals surface area contributed by atoms with E-state index in [9.17, 15) is 0 Å². The molecule has 0 aromatic heterocycles. The summed E-state index contributed by atoms with van der Waals surface area (Å²) >= 11 is 0. The van der Waals surface area contributed by atoms with Crippen molar-refractivity contribution in [2.75, 3.05) is 0 Å². The van der Waals surface area contributed by atoms with Gasteiger partial charge in [-0.3, -0.25) is 0 Å². The van der Waals surface area contributed by atoms with Gasteiger partial charge in [-0.05, 0) is 207 Å². The quantitative estimate of drug-likeness (QED) is 0.219. The summed E-state index contributed by atoms with van der Waals surface area (Å²) in [6.45, 7) is 42.5. The van der Waals surface area contributed by atoms with Crippen molar-refractivity contribution in [2.24, 2.45) is 104 Å². The molecule has 0 nitrogen and oxygen atoms in total. The highest BCUT2D eigenvalue weighted by Gasteiger charge is 2.71. The Morgan fingerprint density at radius 1 is 0.585 bits per heavy atom. The Morgan fingerprint density at radius 3 is 1.43 bits per heavy atom. The van der Waals surface area contributed by atoms with Gasteiger partial charge in [-0.15, -0.1) is 0 Å². The Kier molecular flexibility index (Phi) is 11.7. The Morgan fingerprint density at radius 2 is 1.08 bits per heavy atom. The molecule has 8 saturated carbocycles. The molecule has 53 heavy (non-hydrogen) atoms. The van der Waals surface area contributed by atoms with Crippen molar-refractivity contribution in [3.05, 3.63) is 36.0 Å². The van der Waals surface area contributed by atoms with Gasteiger partial charge in [0.1, 0.15) is 0 Å². The molecule has 0 heteroatoms. The van der Waals surface area contributed by atoms with Crippen LogP contribution in [0.5, 0.6) is 0 Å². The molecule has 0 amide bonds. The first-order valence-corrected chi connectivity index (χ1v) is 23.6. The lowest BCUT2D eigenvalue weighted by atomic mass is 9.42. The molecule has 0 radical (unpaired) electrons. The van der Waals surface area contributed by atoms with Crippen molar-refractivity contribution >= 4 is 0 Å². The third kappa shape index (κ3) is 7.10. The third-order valence-corrected chi connectivity index (χ3v) is 19.4. The van der Waals surface area contributed by atoms with Crippen LogP contribution >= 0.6 is 0 Å². The molecular weight excluding hydrogens is 637 g/mol. The maximum atomic E-state index is 4.34. The van der Waals surface area contributed by atoms with Gasteiger partial charge < -0.3 is 0 Å². The second-order valence-electron chi connectivity index (χ2n) is 24.4. The van der Waals surface area contributed by atoms with Gasteiger partial charge >= 0.3 is 0 Å². The first kappa shape index (κ1) is 41.8. The predicted molar refractivity (Wildman–Crippen MR) is 233 cm³/mol. The zero-order chi connectivity index (χ0) is 39.1. The molecule has 14 atom stereocenters. The first-order chi connectivity index (χ1) is 24.6. The van der Waals surface area contributed by atoms with Gasteiger partial charge in [-0.2, -0.15) is 0 Å². The number of rotatable bonds is 8. The fourth-order valence-corrected chi connectivity index (χ4v) is 16.7. The molecule has 10 rings (SSSR count). The molecule has 10 aliphatic rings. The van der Waals surface area contributed by atoms with E-state index in [1.165, 1.54) is 77.0 Å². The average Bonchev–Trinajstić information content (AvgIpc) is 3.88. The van der Waals surface area contributed by atoms with Crippen LogP contribution in [0.25, 0.3) is 0 Å². The molecule has 0 N–H and O–H groups in total. The molecule has 0 aromatic rings. The first-order valence-electron chi connectivity index (χ1n) is 23.6. The number of fused-ring (bicyclic) bond motifs is 6. The van der Waals surface area contributed by atoms with Gasteiger partial charge in [0.05, 0.1) is 0 Å². The van der Waals surface area contributed by atoms with Crippen LogP contribution in [-0.2, 0) is 0 Å². The summed E-state index contributed by atoms with van der Waals surface area (Å²) in [5.41, 5.74) is 7.92. The molecule has 0 aliphatic heterocycles. The highest BCUT2D eigenvalue weighted by atomic mass is 14.8. The van der Waals surface area contributed by atoms with Crippen LogP contribution in [0.3, 0.4) is 0 Å². The monoisotopic (exact) mass is 727 g/mol. The second-order valence-corrected chi connectivity index (χ2v) is 24.4. The van der Waals surface area contributed by atoms with E-state index in [-0.39, 0.29) is 0 Å². The van der Waals surface area contributed by atoms with Crippen LogP contribution < -0.4 is 0 Å². The Bertz CT molecular complexity index is 1320. The standard InChI is InChI=1S/C14H24.3C13H22/c1-9(2)7-13(3)11-5-10-8-14(13,4)12(10)6-11;2*1-9(2)8-13(4)10(3)11-5-6-12(13)7-11;1-9(2)8-13(4)11-6-5-10(3)12(13)7-11/h9-12H,5-8H2,1-4H3;2*9,11-12H,3,5-8H2,1-2,4H3;5,9,11-12H,6-8H2,1-4H3/t10?,11-,12-,13+,14?;11-,12+,13+;11-,12+,13-;11-,12-,13+/m0110/s1. The number of allylic oxidation sites excluding steroid dienone is 4. The van der Waals surface area contributed by atoms with Crippen molar-refractivity contribution in [2.45, 2.75) is 193 Å². The molecule has 0 saturated heterocycles. The van der Waals surface area contributed by atoms with Gasteiger partial charge in [0.25, 0.3) is 0 Å². The molecule has 8 fully saturated rings. The van der Waals surface area contributed by atoms with Gasteiger partial charge in [-0.25, -0.2) is 0 Å². The highest BCUT2D eigenvalue weighted by molar-refractivity contribution is 5.26. The Hall–Kier alpha value is -0.780. The lowest BCUT2D eigenvalue weighted by Crippen LogP contribution is -2.55. The topological polar surface area (TPSA) is 0 Å². The van der Waals surface area contributed by atoms with Crippen molar-refractivity contribution in [3.8, 4) is 0 Å². The summed E-state index contributed by atoms with van der Waals surface area (Å²) in [4.78, 5) is 0. The van der Waals surface area contributed by atoms with Crippen molar-refractivity contribution in [1.29, 1.82) is 0 Å². The third-order valence-electron chi connectivity index (χ3n) is 19.4. The van der Waals surface area contributed by atoms with Crippen LogP contribution in [-0.4, -0.2) is 0 Å². The predicted octanol–water partition coefficient (Wildman–Crippen LogP) is 16.2. The normalized spacial score (nSPS) is 47.6. The van der Waals surface area contributed by atoms with E-state index < -0.39 is 0 Å². The van der Waals surface area contributed by atoms with Crippen molar-refractivity contribution in [3.63, 3.8) is 0 Å². The maximum absolute atomic E-state index is 4.34. The zero-order valence-electron chi connectivity index (χ0n) is 38.1. The smallest absolute Gasteiger partial charge is 0.00854 e. The van der Waals surface area contributed by atoms with E-state index in [0.29, 0.717) is 21.7 Å². The minimum absolute atomic E-state index is 0.497. The average molecular weight is 727 g/mol. The lowest BCUT2D eigenvalue weighted by molar-refractivity contribution is -0.135. The Balaban J connectivity index is 0.000000121. The fraction of sp³-hybridized carbons (Fsp3) is 0.887. The van der Waals surface area contributed by atoms with Crippen LogP contribution in [0.1, 0.15) is 193 Å². The van der Waals surface area contributed by atoms with Crippen LogP contribution in [0.2, 0.25) is 0 Å². The van der Waals surface area contributed by atoms with Gasteiger partial charge in [0.15, 0.2) is 0 Å². The van der Waals surface area contributed by atoms with E-state index in [4.69, 9.17) is 0 Å². The molecular formula is C53H90. The lowest BCUT2D eigenvalue weighted by Gasteiger charge is -2.62.